The molecule has 1 aliphatic heterocycles. The summed E-state index contributed by atoms with van der Waals surface area (Å²) in [4.78, 5) is 0. The van der Waals surface area contributed by atoms with E-state index in [4.69, 9.17) is 9.26 Å². The highest BCUT2D eigenvalue weighted by molar-refractivity contribution is 7.57. The molecule has 0 fully saturated rings. The van der Waals surface area contributed by atoms with Gasteiger partial charge in [-0.25, -0.2) is 4.67 Å². The van der Waals surface area contributed by atoms with Crippen LogP contribution in [0.5, 0.6) is 5.75 Å². The van der Waals surface area contributed by atoms with E-state index in [0.29, 0.717) is 13.1 Å². The monoisotopic (exact) mass is 397 g/mol. The Morgan fingerprint density at radius 2 is 1.79 bits per heavy atom. The van der Waals surface area contributed by atoms with E-state index in [1.165, 1.54) is 11.1 Å². The van der Waals surface area contributed by atoms with Gasteiger partial charge in [0.1, 0.15) is 17.2 Å². The molecule has 2 unspecified atom stereocenters. The molecule has 0 amide bonds. The Bertz CT molecular complexity index is 931. The van der Waals surface area contributed by atoms with Gasteiger partial charge in [0.2, 0.25) is 0 Å². The van der Waals surface area contributed by atoms with Crippen LogP contribution in [0.4, 0.5) is 0 Å². The molecule has 0 saturated carbocycles. The number of allylic oxidation sites excluding steroid dienone is 1. The Hall–Kier alpha value is -2.03. The van der Waals surface area contributed by atoms with Gasteiger partial charge in [0.25, 0.3) is 0 Å². The second-order valence-corrected chi connectivity index (χ2v) is 9.73. The fourth-order valence-corrected chi connectivity index (χ4v) is 7.48. The van der Waals surface area contributed by atoms with Gasteiger partial charge in [-0.15, -0.1) is 0 Å². The molecule has 0 aromatic heterocycles. The summed E-state index contributed by atoms with van der Waals surface area (Å²) in [6.07, 6.45) is 2.98. The number of fused-ring (bicyclic) bond motifs is 2. The molecule has 4 nitrogen and oxygen atoms in total. The van der Waals surface area contributed by atoms with Crippen molar-refractivity contribution in [2.45, 2.75) is 38.8 Å². The molecule has 28 heavy (non-hydrogen) atoms. The molecule has 0 spiro atoms. The molecule has 0 bridgehead atoms. The van der Waals surface area contributed by atoms with Crippen LogP contribution < -0.4 is 4.74 Å². The lowest BCUT2D eigenvalue weighted by molar-refractivity contribution is 0.359. The van der Waals surface area contributed by atoms with Crippen LogP contribution in [0.1, 0.15) is 49.0 Å². The summed E-state index contributed by atoms with van der Waals surface area (Å²) in [5, 5.41) is 0. The number of nitrogens with zero attached hydrogens (tertiary/aromatic N) is 1. The Balaban J connectivity index is 1.89. The molecule has 4 rings (SSSR count). The number of rotatable bonds is 5. The van der Waals surface area contributed by atoms with Crippen molar-refractivity contribution in [3.63, 3.8) is 0 Å². The third kappa shape index (κ3) is 3.09. The molecular weight excluding hydrogens is 369 g/mol. The van der Waals surface area contributed by atoms with Crippen molar-refractivity contribution in [1.29, 1.82) is 0 Å². The van der Waals surface area contributed by atoms with E-state index in [1.807, 2.05) is 35.0 Å². The van der Waals surface area contributed by atoms with Gasteiger partial charge < -0.3 is 9.26 Å². The summed E-state index contributed by atoms with van der Waals surface area (Å²) < 4.78 is 28.2. The Kier molecular flexibility index (Phi) is 5.35. The van der Waals surface area contributed by atoms with Gasteiger partial charge in [-0.3, -0.25) is 4.57 Å². The Morgan fingerprint density at radius 1 is 1.07 bits per heavy atom. The van der Waals surface area contributed by atoms with Crippen LogP contribution >= 0.6 is 7.52 Å². The molecule has 0 N–H and O–H groups in total. The van der Waals surface area contributed by atoms with Crippen LogP contribution in [0, 0.1) is 0 Å². The van der Waals surface area contributed by atoms with Crippen LogP contribution in [0.25, 0.3) is 5.76 Å². The molecular formula is C23H28NO3P. The van der Waals surface area contributed by atoms with Crippen LogP contribution in [0.3, 0.4) is 0 Å². The lowest BCUT2D eigenvalue weighted by Crippen LogP contribution is -2.22. The third-order valence-electron chi connectivity index (χ3n) is 5.88. The van der Waals surface area contributed by atoms with E-state index < -0.39 is 7.52 Å². The quantitative estimate of drug-likeness (QED) is 0.576. The van der Waals surface area contributed by atoms with Gasteiger partial charge in [-0.1, -0.05) is 50.2 Å². The van der Waals surface area contributed by atoms with Gasteiger partial charge in [0, 0.05) is 18.7 Å². The first-order valence-electron chi connectivity index (χ1n) is 10.1. The molecule has 2 aliphatic rings. The van der Waals surface area contributed by atoms with Crippen molar-refractivity contribution in [3.8, 4) is 5.75 Å². The number of ether oxygens (including phenoxy) is 1. The molecule has 1 heterocycles. The van der Waals surface area contributed by atoms with Crippen LogP contribution in [-0.4, -0.2) is 24.9 Å². The highest BCUT2D eigenvalue weighted by Gasteiger charge is 2.51. The van der Waals surface area contributed by atoms with Gasteiger partial charge >= 0.3 is 7.52 Å². The van der Waals surface area contributed by atoms with E-state index in [-0.39, 0.29) is 5.66 Å². The molecule has 5 heteroatoms. The van der Waals surface area contributed by atoms with E-state index in [2.05, 4.69) is 32.0 Å². The maximum absolute atomic E-state index is 14.4. The largest absolute Gasteiger partial charge is 0.497 e. The topological polar surface area (TPSA) is 38.8 Å². The summed E-state index contributed by atoms with van der Waals surface area (Å²) >= 11 is 0. The summed E-state index contributed by atoms with van der Waals surface area (Å²) in [5.74, 6) is 1.66. The minimum atomic E-state index is -3.10. The molecule has 2 aromatic rings. The second kappa shape index (κ2) is 7.77. The minimum absolute atomic E-state index is 0.223. The predicted octanol–water partition coefficient (Wildman–Crippen LogP) is 6.05. The van der Waals surface area contributed by atoms with Crippen molar-refractivity contribution in [2.24, 2.45) is 0 Å². The van der Waals surface area contributed by atoms with Crippen molar-refractivity contribution in [3.05, 3.63) is 70.8 Å². The van der Waals surface area contributed by atoms with E-state index in [1.54, 1.807) is 7.11 Å². The molecule has 1 aliphatic carbocycles. The Morgan fingerprint density at radius 3 is 2.46 bits per heavy atom. The number of methoxy groups -OCH3 is 1. The second-order valence-electron chi connectivity index (χ2n) is 7.34. The van der Waals surface area contributed by atoms with Gasteiger partial charge in [-0.05, 0) is 48.1 Å². The van der Waals surface area contributed by atoms with Crippen LogP contribution in [0.15, 0.2) is 54.1 Å². The summed E-state index contributed by atoms with van der Waals surface area (Å²) in [6.45, 7) is 5.50. The van der Waals surface area contributed by atoms with Gasteiger partial charge in [-0.2, -0.15) is 0 Å². The lowest BCUT2D eigenvalue weighted by Gasteiger charge is -2.31. The van der Waals surface area contributed by atoms with Crippen molar-refractivity contribution in [1.82, 2.24) is 4.67 Å². The summed E-state index contributed by atoms with van der Waals surface area (Å²) in [7, 11) is -1.43. The van der Waals surface area contributed by atoms with Crippen LogP contribution in [-0.2, 0) is 15.5 Å². The average molecular weight is 397 g/mol. The number of hydrogen-bond donors (Lipinski definition) is 0. The molecule has 0 radical (unpaired) electrons. The smallest absolute Gasteiger partial charge is 0.330 e. The van der Waals surface area contributed by atoms with E-state index >= 15 is 0 Å². The maximum Gasteiger partial charge on any atom is 0.330 e. The highest BCUT2D eigenvalue weighted by atomic mass is 31.2. The van der Waals surface area contributed by atoms with Crippen molar-refractivity contribution in [2.75, 3.05) is 20.2 Å². The average Bonchev–Trinajstić information content (AvgIpc) is 2.91. The maximum atomic E-state index is 14.4. The van der Waals surface area contributed by atoms with Gasteiger partial charge in [0.05, 0.1) is 7.11 Å². The number of benzene rings is 2. The summed E-state index contributed by atoms with van der Waals surface area (Å²) in [6, 6.07) is 16.4. The zero-order valence-electron chi connectivity index (χ0n) is 16.9. The first-order chi connectivity index (χ1) is 13.6. The highest BCUT2D eigenvalue weighted by Crippen LogP contribution is 2.73. The zero-order chi connectivity index (χ0) is 19.7. The van der Waals surface area contributed by atoms with Crippen molar-refractivity contribution < 1.29 is 13.8 Å². The molecule has 2 atom stereocenters. The first kappa shape index (κ1) is 19.3. The molecule has 148 valence electrons. The lowest BCUT2D eigenvalue weighted by atomic mass is 9.98. The van der Waals surface area contributed by atoms with Crippen molar-refractivity contribution >= 4 is 13.3 Å². The molecule has 2 aromatic carbocycles. The number of aryl methyl sites for hydroxylation is 1. The standard InChI is InChI=1S/C23H28NO3P/c1-4-24(5-2)28(25)23(18-13-15-19(26-3)16-14-18)21-12-8-10-17-9-6-7-11-20(17)22(21)27-28/h6-7,9,11,13-16,23H,4-5,8,10,12H2,1-3H3. The fraction of sp³-hybridized carbons (Fsp3) is 0.391. The van der Waals surface area contributed by atoms with Crippen LogP contribution in [0.2, 0.25) is 0 Å². The molecule has 0 saturated heterocycles. The normalized spacial score (nSPS) is 23.8. The Labute approximate surface area is 167 Å². The zero-order valence-corrected chi connectivity index (χ0v) is 17.7. The minimum Gasteiger partial charge on any atom is -0.497 e. The first-order valence-corrected chi connectivity index (χ1v) is 11.8. The third-order valence-corrected chi connectivity index (χ3v) is 8.94. The SMILES string of the molecule is CCN(CC)P1(=O)OC2=C(CCCc3ccccc32)C1c1ccc(OC)cc1. The predicted molar refractivity (Wildman–Crippen MR) is 114 cm³/mol. The van der Waals surface area contributed by atoms with Gasteiger partial charge in [0.15, 0.2) is 0 Å². The fourth-order valence-electron chi connectivity index (χ4n) is 4.48. The number of hydrogen-bond acceptors (Lipinski definition) is 3. The summed E-state index contributed by atoms with van der Waals surface area (Å²) in [5.41, 5.74) is 4.40. The van der Waals surface area contributed by atoms with E-state index in [0.717, 1.165) is 41.9 Å². The van der Waals surface area contributed by atoms with E-state index in [9.17, 15) is 4.57 Å².